The number of hydrogen-bond donors (Lipinski definition) is 1. The van der Waals surface area contributed by atoms with Gasteiger partial charge in [-0.05, 0) is 26.0 Å². The van der Waals surface area contributed by atoms with Crippen molar-refractivity contribution >= 4 is 9.84 Å². The van der Waals surface area contributed by atoms with Crippen molar-refractivity contribution in [3.63, 3.8) is 0 Å². The number of hydrogen-bond acceptors (Lipinski definition) is 4. The number of phenols is 1. The second-order valence-corrected chi connectivity index (χ2v) is 7.23. The summed E-state index contributed by atoms with van der Waals surface area (Å²) in [5, 5.41) is 9.21. The van der Waals surface area contributed by atoms with E-state index in [1.807, 2.05) is 11.8 Å². The molecule has 1 aromatic carbocycles. The highest BCUT2D eigenvalue weighted by Crippen LogP contribution is 2.26. The van der Waals surface area contributed by atoms with E-state index in [0.717, 1.165) is 6.07 Å². The standard InChI is InChI=1S/C13H18FNO3S/c1-10(12-4-3-11(16)9-13(12)14)15-5-2-7-19(17,18)8-6-15/h3-4,9-10,16H,2,5-8H2,1H3. The first kappa shape index (κ1) is 14.3. The van der Waals surface area contributed by atoms with Gasteiger partial charge in [-0.25, -0.2) is 12.8 Å². The topological polar surface area (TPSA) is 57.6 Å². The normalized spacial score (nSPS) is 21.8. The van der Waals surface area contributed by atoms with E-state index in [0.29, 0.717) is 25.1 Å². The van der Waals surface area contributed by atoms with Crippen molar-refractivity contribution in [1.29, 1.82) is 0 Å². The highest BCUT2D eigenvalue weighted by molar-refractivity contribution is 7.91. The van der Waals surface area contributed by atoms with E-state index in [-0.39, 0.29) is 23.3 Å². The molecule has 0 amide bonds. The zero-order valence-corrected chi connectivity index (χ0v) is 11.7. The average molecular weight is 287 g/mol. The van der Waals surface area contributed by atoms with Crippen LogP contribution in [0.1, 0.15) is 24.9 Å². The minimum Gasteiger partial charge on any atom is -0.508 e. The molecule has 1 aliphatic heterocycles. The molecule has 0 spiro atoms. The lowest BCUT2D eigenvalue weighted by Gasteiger charge is -2.27. The number of rotatable bonds is 2. The Bertz CT molecular complexity index is 559. The van der Waals surface area contributed by atoms with Crippen LogP contribution in [-0.4, -0.2) is 43.0 Å². The molecule has 1 fully saturated rings. The Morgan fingerprint density at radius 1 is 1.32 bits per heavy atom. The van der Waals surface area contributed by atoms with Gasteiger partial charge in [-0.2, -0.15) is 0 Å². The summed E-state index contributed by atoms with van der Waals surface area (Å²) in [6, 6.07) is 3.88. The highest BCUT2D eigenvalue weighted by atomic mass is 32.2. The maximum absolute atomic E-state index is 13.8. The minimum atomic E-state index is -2.96. The van der Waals surface area contributed by atoms with Crippen molar-refractivity contribution in [1.82, 2.24) is 4.90 Å². The van der Waals surface area contributed by atoms with Crippen LogP contribution >= 0.6 is 0 Å². The van der Waals surface area contributed by atoms with Crippen LogP contribution in [0.2, 0.25) is 0 Å². The Hall–Kier alpha value is -1.14. The number of benzene rings is 1. The van der Waals surface area contributed by atoms with E-state index < -0.39 is 15.7 Å². The Morgan fingerprint density at radius 3 is 2.74 bits per heavy atom. The quantitative estimate of drug-likeness (QED) is 0.899. The van der Waals surface area contributed by atoms with Crippen molar-refractivity contribution in [3.05, 3.63) is 29.6 Å². The van der Waals surface area contributed by atoms with Crippen LogP contribution in [-0.2, 0) is 9.84 Å². The van der Waals surface area contributed by atoms with E-state index >= 15 is 0 Å². The van der Waals surface area contributed by atoms with Crippen molar-refractivity contribution in [3.8, 4) is 5.75 Å². The van der Waals surface area contributed by atoms with Crippen molar-refractivity contribution < 1.29 is 17.9 Å². The van der Waals surface area contributed by atoms with Gasteiger partial charge in [0, 0.05) is 24.2 Å². The molecule has 1 aliphatic rings. The van der Waals surface area contributed by atoms with Crippen molar-refractivity contribution in [2.24, 2.45) is 0 Å². The number of halogens is 1. The largest absolute Gasteiger partial charge is 0.508 e. The second kappa shape index (κ2) is 5.46. The van der Waals surface area contributed by atoms with Gasteiger partial charge >= 0.3 is 0 Å². The molecule has 1 aromatic rings. The summed E-state index contributed by atoms with van der Waals surface area (Å²) in [4.78, 5) is 1.97. The molecule has 0 saturated carbocycles. The molecule has 1 N–H and O–H groups in total. The third kappa shape index (κ3) is 3.45. The second-order valence-electron chi connectivity index (χ2n) is 4.92. The van der Waals surface area contributed by atoms with E-state index in [9.17, 15) is 17.9 Å². The third-order valence-electron chi connectivity index (χ3n) is 3.57. The van der Waals surface area contributed by atoms with Crippen LogP contribution in [0, 0.1) is 5.82 Å². The van der Waals surface area contributed by atoms with Gasteiger partial charge in [-0.1, -0.05) is 6.07 Å². The van der Waals surface area contributed by atoms with Gasteiger partial charge in [-0.3, -0.25) is 4.90 Å². The fourth-order valence-corrected chi connectivity index (χ4v) is 3.68. The first-order chi connectivity index (χ1) is 8.89. The maximum Gasteiger partial charge on any atom is 0.151 e. The molecule has 2 rings (SSSR count). The molecule has 1 saturated heterocycles. The molecular weight excluding hydrogens is 269 g/mol. The molecule has 0 radical (unpaired) electrons. The fourth-order valence-electron chi connectivity index (χ4n) is 2.40. The predicted molar refractivity (Wildman–Crippen MR) is 71.3 cm³/mol. The zero-order valence-electron chi connectivity index (χ0n) is 10.8. The predicted octanol–water partition coefficient (Wildman–Crippen LogP) is 1.71. The molecule has 0 bridgehead atoms. The number of sulfone groups is 1. The van der Waals surface area contributed by atoms with Crippen LogP contribution in [0.4, 0.5) is 4.39 Å². The van der Waals surface area contributed by atoms with Crippen LogP contribution in [0.15, 0.2) is 18.2 Å². The molecule has 19 heavy (non-hydrogen) atoms. The summed E-state index contributed by atoms with van der Waals surface area (Å²) < 4.78 is 36.9. The highest BCUT2D eigenvalue weighted by Gasteiger charge is 2.24. The summed E-state index contributed by atoms with van der Waals surface area (Å²) in [7, 11) is -2.96. The van der Waals surface area contributed by atoms with Gasteiger partial charge in [0.15, 0.2) is 9.84 Å². The van der Waals surface area contributed by atoms with Crippen molar-refractivity contribution in [2.45, 2.75) is 19.4 Å². The van der Waals surface area contributed by atoms with E-state index in [2.05, 4.69) is 0 Å². The van der Waals surface area contributed by atoms with Crippen LogP contribution in [0.3, 0.4) is 0 Å². The van der Waals surface area contributed by atoms with Gasteiger partial charge in [0.05, 0.1) is 11.5 Å². The number of phenolic OH excluding ortho intramolecular Hbond substituents is 1. The van der Waals surface area contributed by atoms with Crippen LogP contribution in [0.25, 0.3) is 0 Å². The Labute approximate surface area is 112 Å². The lowest BCUT2D eigenvalue weighted by Crippen LogP contribution is -2.30. The zero-order chi connectivity index (χ0) is 14.0. The van der Waals surface area contributed by atoms with Crippen LogP contribution < -0.4 is 0 Å². The summed E-state index contributed by atoms with van der Waals surface area (Å²) >= 11 is 0. The number of nitrogens with zero attached hydrogens (tertiary/aromatic N) is 1. The maximum atomic E-state index is 13.8. The fraction of sp³-hybridized carbons (Fsp3) is 0.538. The molecule has 0 aromatic heterocycles. The molecule has 1 heterocycles. The van der Waals surface area contributed by atoms with Gasteiger partial charge in [-0.15, -0.1) is 0 Å². The van der Waals surface area contributed by atoms with Gasteiger partial charge in [0.1, 0.15) is 11.6 Å². The molecule has 0 aliphatic carbocycles. The van der Waals surface area contributed by atoms with Gasteiger partial charge in [0.2, 0.25) is 0 Å². The van der Waals surface area contributed by atoms with E-state index in [4.69, 9.17) is 0 Å². The summed E-state index contributed by atoms with van der Waals surface area (Å²) in [5.41, 5.74) is 0.483. The SMILES string of the molecule is CC(c1ccc(O)cc1F)N1CCCS(=O)(=O)CC1. The van der Waals surface area contributed by atoms with Crippen LogP contribution in [0.5, 0.6) is 5.75 Å². The Balaban J connectivity index is 2.17. The van der Waals surface area contributed by atoms with E-state index in [1.165, 1.54) is 6.07 Å². The first-order valence-corrected chi connectivity index (χ1v) is 8.14. The minimum absolute atomic E-state index is 0.105. The lowest BCUT2D eigenvalue weighted by molar-refractivity contribution is 0.223. The molecule has 106 valence electrons. The molecule has 1 unspecified atom stereocenters. The summed E-state index contributed by atoms with van der Waals surface area (Å²) in [6.45, 7) is 2.91. The smallest absolute Gasteiger partial charge is 0.151 e. The third-order valence-corrected chi connectivity index (χ3v) is 5.29. The molecule has 6 heteroatoms. The lowest BCUT2D eigenvalue weighted by atomic mass is 10.1. The Morgan fingerprint density at radius 2 is 2.05 bits per heavy atom. The van der Waals surface area contributed by atoms with Gasteiger partial charge < -0.3 is 5.11 Å². The average Bonchev–Trinajstić information content (AvgIpc) is 2.49. The van der Waals surface area contributed by atoms with E-state index in [1.54, 1.807) is 6.07 Å². The summed E-state index contributed by atoms with van der Waals surface area (Å²) in [6.07, 6.45) is 0.576. The molecule has 4 nitrogen and oxygen atoms in total. The Kier molecular flexibility index (Phi) is 4.10. The van der Waals surface area contributed by atoms with Crippen molar-refractivity contribution in [2.75, 3.05) is 24.6 Å². The molecular formula is C13H18FNO3S. The van der Waals surface area contributed by atoms with Gasteiger partial charge in [0.25, 0.3) is 0 Å². The summed E-state index contributed by atoms with van der Waals surface area (Å²) in [5.74, 6) is -0.239. The number of aromatic hydroxyl groups is 1. The first-order valence-electron chi connectivity index (χ1n) is 6.32. The monoisotopic (exact) mass is 287 g/mol. The molecule has 1 atom stereocenters.